The number of carbonyl (C=O) groups is 2. The fraction of sp³-hybridized carbons (Fsp3) is 0. The molecule has 5 aromatic rings. The van der Waals surface area contributed by atoms with Crippen LogP contribution in [0.3, 0.4) is 0 Å². The summed E-state index contributed by atoms with van der Waals surface area (Å²) in [6.45, 7) is 0. The van der Waals surface area contributed by atoms with Gasteiger partial charge < -0.3 is 0 Å². The Morgan fingerprint density at radius 1 is 0.393 bits per heavy atom. The summed E-state index contributed by atoms with van der Waals surface area (Å²) in [5.41, 5.74) is 2.00. The molecule has 0 saturated carbocycles. The lowest BCUT2D eigenvalue weighted by Gasteiger charge is -2.19. The van der Waals surface area contributed by atoms with Crippen LogP contribution >= 0.6 is 0 Å². The van der Waals surface area contributed by atoms with Crippen LogP contribution in [0.2, 0.25) is 0 Å². The van der Waals surface area contributed by atoms with Crippen molar-refractivity contribution >= 4 is 43.9 Å². The molecule has 6 rings (SSSR count). The largest absolute Gasteiger partial charge is 0.289 e. The fourth-order valence-corrected chi connectivity index (χ4v) is 4.50. The third-order valence-electron chi connectivity index (χ3n) is 5.81. The maximum Gasteiger partial charge on any atom is 0.195 e. The van der Waals surface area contributed by atoms with Gasteiger partial charge in [-0.15, -0.1) is 0 Å². The average molecular weight is 358 g/mol. The zero-order valence-electron chi connectivity index (χ0n) is 14.9. The molecule has 130 valence electrons. The molecule has 2 nitrogen and oxygen atoms in total. The number of hydrogen-bond acceptors (Lipinski definition) is 2. The van der Waals surface area contributed by atoms with E-state index in [0.29, 0.717) is 22.3 Å². The summed E-state index contributed by atoms with van der Waals surface area (Å²) in [5.74, 6) is -0.151. The number of hydrogen-bond donors (Lipinski definition) is 0. The van der Waals surface area contributed by atoms with E-state index < -0.39 is 0 Å². The zero-order valence-corrected chi connectivity index (χ0v) is 14.9. The van der Waals surface area contributed by atoms with Gasteiger partial charge in [0.25, 0.3) is 0 Å². The van der Waals surface area contributed by atoms with Crippen LogP contribution in [-0.4, -0.2) is 11.6 Å². The smallest absolute Gasteiger partial charge is 0.195 e. The standard InChI is InChI=1S/C26H14O2/c27-25-21-7-3-4-8-22(21)26(28)24-20-13-11-17-16-6-2-1-5-15(16)9-10-18(17)19(20)12-14-23(24)25/h1-14H. The maximum absolute atomic E-state index is 13.3. The first-order chi connectivity index (χ1) is 13.7. The third-order valence-corrected chi connectivity index (χ3v) is 5.81. The Morgan fingerprint density at radius 2 is 0.964 bits per heavy atom. The first-order valence-corrected chi connectivity index (χ1v) is 9.29. The molecule has 1 aliphatic rings. The van der Waals surface area contributed by atoms with E-state index in [1.165, 1.54) is 10.8 Å². The molecule has 0 bridgehead atoms. The lowest BCUT2D eigenvalue weighted by Crippen LogP contribution is -2.21. The maximum atomic E-state index is 13.3. The van der Waals surface area contributed by atoms with E-state index >= 15 is 0 Å². The van der Waals surface area contributed by atoms with E-state index in [1.54, 1.807) is 18.2 Å². The molecular weight excluding hydrogens is 344 g/mol. The van der Waals surface area contributed by atoms with Gasteiger partial charge in [-0.25, -0.2) is 0 Å². The molecule has 1 aliphatic carbocycles. The second-order valence-corrected chi connectivity index (χ2v) is 7.23. The molecule has 0 heterocycles. The van der Waals surface area contributed by atoms with E-state index in [1.807, 2.05) is 36.4 Å². The van der Waals surface area contributed by atoms with E-state index in [9.17, 15) is 9.59 Å². The monoisotopic (exact) mass is 358 g/mol. The van der Waals surface area contributed by atoms with E-state index in [4.69, 9.17) is 0 Å². The first-order valence-electron chi connectivity index (χ1n) is 9.29. The van der Waals surface area contributed by atoms with Gasteiger partial charge in [0.05, 0.1) is 0 Å². The van der Waals surface area contributed by atoms with Gasteiger partial charge in [0, 0.05) is 22.3 Å². The summed E-state index contributed by atoms with van der Waals surface area (Å²) >= 11 is 0. The minimum absolute atomic E-state index is 0.0732. The summed E-state index contributed by atoms with van der Waals surface area (Å²) in [5, 5.41) is 6.47. The Hall–Kier alpha value is -3.78. The van der Waals surface area contributed by atoms with Crippen LogP contribution in [0.1, 0.15) is 31.8 Å². The van der Waals surface area contributed by atoms with Crippen LogP contribution in [0.25, 0.3) is 32.3 Å². The fourth-order valence-electron chi connectivity index (χ4n) is 4.50. The summed E-state index contributed by atoms with van der Waals surface area (Å²) in [6, 6.07) is 27.4. The predicted molar refractivity (Wildman–Crippen MR) is 112 cm³/mol. The highest BCUT2D eigenvalue weighted by Crippen LogP contribution is 2.37. The SMILES string of the molecule is O=C1c2ccccc2C(=O)c2c1ccc1c2ccc2c3ccccc3ccc12. The summed E-state index contributed by atoms with van der Waals surface area (Å²) in [4.78, 5) is 26.2. The van der Waals surface area contributed by atoms with Crippen molar-refractivity contribution in [2.75, 3.05) is 0 Å². The minimum Gasteiger partial charge on any atom is -0.289 e. The highest BCUT2D eigenvalue weighted by atomic mass is 16.1. The molecule has 0 radical (unpaired) electrons. The number of rotatable bonds is 0. The number of carbonyl (C=O) groups excluding carboxylic acids is 2. The van der Waals surface area contributed by atoms with Crippen LogP contribution in [-0.2, 0) is 0 Å². The molecule has 0 amide bonds. The molecule has 0 spiro atoms. The van der Waals surface area contributed by atoms with Crippen LogP contribution in [0.15, 0.2) is 84.9 Å². The Morgan fingerprint density at radius 3 is 1.82 bits per heavy atom. The van der Waals surface area contributed by atoms with Crippen molar-refractivity contribution in [3.05, 3.63) is 107 Å². The molecule has 0 saturated heterocycles. The summed E-state index contributed by atoms with van der Waals surface area (Å²) in [6.07, 6.45) is 0. The second kappa shape index (κ2) is 5.37. The minimum atomic E-state index is -0.0780. The van der Waals surface area contributed by atoms with Crippen molar-refractivity contribution in [3.63, 3.8) is 0 Å². The van der Waals surface area contributed by atoms with Crippen molar-refractivity contribution in [3.8, 4) is 0 Å². The van der Waals surface area contributed by atoms with Crippen LogP contribution < -0.4 is 0 Å². The first kappa shape index (κ1) is 15.3. The predicted octanol–water partition coefficient (Wildman–Crippen LogP) is 5.92. The van der Waals surface area contributed by atoms with E-state index in [0.717, 1.165) is 21.5 Å². The van der Waals surface area contributed by atoms with Crippen molar-refractivity contribution in [1.82, 2.24) is 0 Å². The van der Waals surface area contributed by atoms with Crippen LogP contribution in [0, 0.1) is 0 Å². The van der Waals surface area contributed by atoms with Crippen LogP contribution in [0.5, 0.6) is 0 Å². The van der Waals surface area contributed by atoms with Crippen molar-refractivity contribution < 1.29 is 9.59 Å². The summed E-state index contributed by atoms with van der Waals surface area (Å²) < 4.78 is 0. The normalized spacial score (nSPS) is 13.1. The lowest BCUT2D eigenvalue weighted by atomic mass is 9.81. The van der Waals surface area contributed by atoms with E-state index in [-0.39, 0.29) is 11.6 Å². The Bertz CT molecular complexity index is 1490. The van der Waals surface area contributed by atoms with Crippen molar-refractivity contribution in [1.29, 1.82) is 0 Å². The van der Waals surface area contributed by atoms with Gasteiger partial charge >= 0.3 is 0 Å². The molecule has 0 N–H and O–H groups in total. The topological polar surface area (TPSA) is 34.1 Å². The highest BCUT2D eigenvalue weighted by molar-refractivity contribution is 6.33. The molecule has 0 unspecified atom stereocenters. The molecule has 0 aliphatic heterocycles. The number of fused-ring (bicyclic) bond motifs is 8. The van der Waals surface area contributed by atoms with Gasteiger partial charge in [0.1, 0.15) is 0 Å². The second-order valence-electron chi connectivity index (χ2n) is 7.23. The Kier molecular flexibility index (Phi) is 2.93. The molecular formula is C26H14O2. The third kappa shape index (κ3) is 1.87. The quantitative estimate of drug-likeness (QED) is 0.316. The van der Waals surface area contributed by atoms with Gasteiger partial charge in [-0.1, -0.05) is 78.9 Å². The highest BCUT2D eigenvalue weighted by Gasteiger charge is 2.30. The van der Waals surface area contributed by atoms with Crippen molar-refractivity contribution in [2.24, 2.45) is 0 Å². The molecule has 28 heavy (non-hydrogen) atoms. The zero-order chi connectivity index (χ0) is 18.8. The van der Waals surface area contributed by atoms with Crippen molar-refractivity contribution in [2.45, 2.75) is 0 Å². The van der Waals surface area contributed by atoms with Gasteiger partial charge in [-0.2, -0.15) is 0 Å². The van der Waals surface area contributed by atoms with Gasteiger partial charge in [-0.05, 0) is 38.4 Å². The van der Waals surface area contributed by atoms with Crippen LogP contribution in [0.4, 0.5) is 0 Å². The Labute approximate surface area is 161 Å². The molecule has 2 heteroatoms. The molecule has 0 aromatic heterocycles. The van der Waals surface area contributed by atoms with Gasteiger partial charge in [-0.3, -0.25) is 9.59 Å². The number of benzene rings is 5. The van der Waals surface area contributed by atoms with Gasteiger partial charge in [0.15, 0.2) is 11.6 Å². The average Bonchev–Trinajstić information content (AvgIpc) is 2.76. The van der Waals surface area contributed by atoms with Gasteiger partial charge in [0.2, 0.25) is 0 Å². The van der Waals surface area contributed by atoms with E-state index in [2.05, 4.69) is 30.3 Å². The number of ketones is 2. The summed E-state index contributed by atoms with van der Waals surface area (Å²) in [7, 11) is 0. The molecule has 0 fully saturated rings. The molecule has 0 atom stereocenters. The lowest BCUT2D eigenvalue weighted by molar-refractivity contribution is 0.0980. The molecule has 5 aromatic carbocycles. The Balaban J connectivity index is 1.74.